The summed E-state index contributed by atoms with van der Waals surface area (Å²) in [4.78, 5) is 0.0123. The average Bonchev–Trinajstić information content (AvgIpc) is 2.50. The van der Waals surface area contributed by atoms with Crippen LogP contribution in [0.5, 0.6) is 0 Å². The minimum absolute atomic E-state index is 0.0123. The van der Waals surface area contributed by atoms with Crippen LogP contribution in [0, 0.1) is 5.92 Å². The molecule has 0 saturated carbocycles. The Labute approximate surface area is 94.1 Å². The molecule has 1 saturated heterocycles. The van der Waals surface area contributed by atoms with Crippen molar-refractivity contribution in [3.63, 3.8) is 0 Å². The van der Waals surface area contributed by atoms with Crippen molar-refractivity contribution in [2.24, 2.45) is 11.7 Å². The maximum absolute atomic E-state index is 11.3. The van der Waals surface area contributed by atoms with Gasteiger partial charge in [0.15, 0.2) is 0 Å². The number of hydrogen-bond acceptors (Lipinski definition) is 4. The first kappa shape index (κ1) is 12.2. The number of nitrogens with one attached hydrogen (secondary N) is 1. The van der Waals surface area contributed by atoms with Crippen LogP contribution in [-0.2, 0) is 10.0 Å². The molecule has 1 fully saturated rings. The van der Waals surface area contributed by atoms with E-state index in [0.717, 1.165) is 17.9 Å². The molecule has 0 aromatic carbocycles. The molecule has 0 spiro atoms. The van der Waals surface area contributed by atoms with E-state index in [9.17, 15) is 8.42 Å². The van der Waals surface area contributed by atoms with E-state index in [2.05, 4.69) is 16.9 Å². The fourth-order valence-electron chi connectivity index (χ4n) is 1.23. The van der Waals surface area contributed by atoms with Gasteiger partial charge in [0, 0.05) is 6.54 Å². The van der Waals surface area contributed by atoms with E-state index in [1.807, 2.05) is 11.8 Å². The number of thiocarbonyl (C=S) groups is 1. The summed E-state index contributed by atoms with van der Waals surface area (Å²) in [7, 11) is -3.29. The van der Waals surface area contributed by atoms with Gasteiger partial charge in [0.2, 0.25) is 10.0 Å². The number of rotatable bonds is 5. The first-order valence-electron chi connectivity index (χ1n) is 4.33. The van der Waals surface area contributed by atoms with Gasteiger partial charge in [-0.25, -0.2) is 13.1 Å². The lowest BCUT2D eigenvalue weighted by atomic mass is 10.1. The van der Waals surface area contributed by atoms with Crippen LogP contribution in [0.4, 0.5) is 0 Å². The smallest absolute Gasteiger partial charge is 0.218 e. The number of nitrogens with two attached hydrogens (primary N) is 1. The fraction of sp³-hybridized carbons (Fsp3) is 0.857. The lowest BCUT2D eigenvalue weighted by molar-refractivity contribution is 0.548. The van der Waals surface area contributed by atoms with Gasteiger partial charge in [-0.3, -0.25) is 0 Å². The fourth-order valence-corrected chi connectivity index (χ4v) is 3.94. The summed E-state index contributed by atoms with van der Waals surface area (Å²) in [5.41, 5.74) is 5.17. The zero-order valence-electron chi connectivity index (χ0n) is 7.73. The van der Waals surface area contributed by atoms with Crippen LogP contribution in [0.3, 0.4) is 0 Å². The van der Waals surface area contributed by atoms with Gasteiger partial charge >= 0.3 is 0 Å². The van der Waals surface area contributed by atoms with Gasteiger partial charge in [-0.2, -0.15) is 11.8 Å². The lowest BCUT2D eigenvalue weighted by Gasteiger charge is -2.09. The summed E-state index contributed by atoms with van der Waals surface area (Å²) >= 11 is 6.41. The zero-order chi connectivity index (χ0) is 10.6. The van der Waals surface area contributed by atoms with E-state index in [-0.39, 0.29) is 10.7 Å². The molecule has 1 rings (SSSR count). The predicted octanol–water partition coefficient (Wildman–Crippen LogP) is -0.0550. The second-order valence-electron chi connectivity index (χ2n) is 3.30. The Balaban J connectivity index is 2.32. The van der Waals surface area contributed by atoms with Crippen molar-refractivity contribution in [3.8, 4) is 0 Å². The Hall–Kier alpha value is 0.150. The Kier molecular flexibility index (Phi) is 4.62. The Morgan fingerprint density at radius 3 is 2.86 bits per heavy atom. The molecule has 0 bridgehead atoms. The molecule has 1 atom stereocenters. The molecule has 0 radical (unpaired) electrons. The quantitative estimate of drug-likeness (QED) is 0.673. The molecule has 0 aromatic rings. The van der Waals surface area contributed by atoms with Crippen LogP contribution in [0.2, 0.25) is 0 Å². The highest BCUT2D eigenvalue weighted by Gasteiger charge is 2.18. The molecule has 14 heavy (non-hydrogen) atoms. The molecule has 1 unspecified atom stereocenters. The van der Waals surface area contributed by atoms with Crippen molar-refractivity contribution >= 4 is 39.0 Å². The molecule has 4 nitrogen and oxygen atoms in total. The Morgan fingerprint density at radius 1 is 1.64 bits per heavy atom. The molecule has 0 amide bonds. The highest BCUT2D eigenvalue weighted by Crippen LogP contribution is 2.22. The van der Waals surface area contributed by atoms with E-state index < -0.39 is 10.0 Å². The van der Waals surface area contributed by atoms with Crippen LogP contribution in [0.25, 0.3) is 0 Å². The maximum Gasteiger partial charge on any atom is 0.218 e. The second kappa shape index (κ2) is 5.29. The Morgan fingerprint density at radius 2 is 2.36 bits per heavy atom. The molecule has 7 heteroatoms. The van der Waals surface area contributed by atoms with Crippen LogP contribution in [0.1, 0.15) is 6.42 Å². The second-order valence-corrected chi connectivity index (χ2v) is 6.78. The predicted molar refractivity (Wildman–Crippen MR) is 64.0 cm³/mol. The molecule has 1 aliphatic heterocycles. The van der Waals surface area contributed by atoms with Crippen molar-refractivity contribution in [3.05, 3.63) is 0 Å². The topological polar surface area (TPSA) is 72.2 Å². The first-order valence-corrected chi connectivity index (χ1v) is 7.54. The minimum Gasteiger partial charge on any atom is -0.392 e. The van der Waals surface area contributed by atoms with Crippen molar-refractivity contribution in [2.45, 2.75) is 6.42 Å². The van der Waals surface area contributed by atoms with Crippen LogP contribution >= 0.6 is 24.0 Å². The van der Waals surface area contributed by atoms with Crippen molar-refractivity contribution in [1.82, 2.24) is 4.72 Å². The molecular formula is C7H14N2O2S3. The van der Waals surface area contributed by atoms with Gasteiger partial charge in [0.05, 0.1) is 4.99 Å². The SMILES string of the molecule is NC(=S)CS(=O)(=O)NCC1CCSC1. The largest absolute Gasteiger partial charge is 0.392 e. The molecule has 82 valence electrons. The summed E-state index contributed by atoms with van der Waals surface area (Å²) in [6.07, 6.45) is 1.08. The molecule has 1 aliphatic rings. The van der Waals surface area contributed by atoms with Crippen LogP contribution < -0.4 is 10.5 Å². The monoisotopic (exact) mass is 254 g/mol. The summed E-state index contributed by atoms with van der Waals surface area (Å²) in [6.45, 7) is 0.512. The van der Waals surface area contributed by atoms with E-state index in [0.29, 0.717) is 12.5 Å². The van der Waals surface area contributed by atoms with E-state index in [4.69, 9.17) is 5.73 Å². The van der Waals surface area contributed by atoms with Gasteiger partial charge < -0.3 is 5.73 Å². The van der Waals surface area contributed by atoms with E-state index in [1.165, 1.54) is 0 Å². The molecular weight excluding hydrogens is 240 g/mol. The van der Waals surface area contributed by atoms with Gasteiger partial charge in [0.25, 0.3) is 0 Å². The van der Waals surface area contributed by atoms with Crippen molar-refractivity contribution in [2.75, 3.05) is 23.8 Å². The molecule has 0 aromatic heterocycles. The maximum atomic E-state index is 11.3. The number of hydrogen-bond donors (Lipinski definition) is 2. The third kappa shape index (κ3) is 4.59. The average molecular weight is 254 g/mol. The summed E-state index contributed by atoms with van der Waals surface area (Å²) < 4.78 is 25.1. The van der Waals surface area contributed by atoms with Crippen LogP contribution in [0.15, 0.2) is 0 Å². The van der Waals surface area contributed by atoms with E-state index >= 15 is 0 Å². The third-order valence-electron chi connectivity index (χ3n) is 1.95. The Bertz CT molecular complexity index is 296. The highest BCUT2D eigenvalue weighted by atomic mass is 32.2. The van der Waals surface area contributed by atoms with Gasteiger partial charge in [0.1, 0.15) is 5.75 Å². The first-order chi connectivity index (χ1) is 6.49. The molecule has 3 N–H and O–H groups in total. The number of thioether (sulfide) groups is 1. The third-order valence-corrected chi connectivity index (χ3v) is 4.80. The normalized spacial score (nSPS) is 22.4. The van der Waals surface area contributed by atoms with Gasteiger partial charge in [-0.1, -0.05) is 12.2 Å². The summed E-state index contributed by atoms with van der Waals surface area (Å²) in [6, 6.07) is 0. The summed E-state index contributed by atoms with van der Waals surface area (Å²) in [5, 5.41) is 0. The van der Waals surface area contributed by atoms with Crippen LogP contribution in [-0.4, -0.2) is 37.2 Å². The molecule has 0 aliphatic carbocycles. The van der Waals surface area contributed by atoms with Gasteiger partial charge in [-0.05, 0) is 23.8 Å². The minimum atomic E-state index is -3.29. The van der Waals surface area contributed by atoms with E-state index in [1.54, 1.807) is 0 Å². The molecule has 1 heterocycles. The van der Waals surface area contributed by atoms with Gasteiger partial charge in [-0.15, -0.1) is 0 Å². The standard InChI is InChI=1S/C7H14N2O2S3/c8-7(12)5-14(10,11)9-3-6-1-2-13-4-6/h6,9H,1-5H2,(H2,8,12). The van der Waals surface area contributed by atoms with Crippen molar-refractivity contribution < 1.29 is 8.42 Å². The number of sulfonamides is 1. The lowest BCUT2D eigenvalue weighted by Crippen LogP contribution is -2.35. The van der Waals surface area contributed by atoms with Crippen molar-refractivity contribution in [1.29, 1.82) is 0 Å². The zero-order valence-corrected chi connectivity index (χ0v) is 10.2. The highest BCUT2D eigenvalue weighted by molar-refractivity contribution is 7.99. The summed E-state index contributed by atoms with van der Waals surface area (Å²) in [5.74, 6) is 2.38.